The van der Waals surface area contributed by atoms with Gasteiger partial charge in [0.15, 0.2) is 0 Å². The highest BCUT2D eigenvalue weighted by atomic mass is 16.6. The number of anilines is 1. The van der Waals surface area contributed by atoms with Gasteiger partial charge in [0.05, 0.1) is 0 Å². The van der Waals surface area contributed by atoms with Crippen molar-refractivity contribution in [3.8, 4) is 0 Å². The summed E-state index contributed by atoms with van der Waals surface area (Å²) in [5.41, 5.74) is 2.20. The summed E-state index contributed by atoms with van der Waals surface area (Å²) >= 11 is 0. The zero-order chi connectivity index (χ0) is 22.6. The van der Waals surface area contributed by atoms with Gasteiger partial charge in [-0.3, -0.25) is 4.90 Å². The van der Waals surface area contributed by atoms with Crippen molar-refractivity contribution in [3.05, 3.63) is 59.8 Å². The molecule has 2 saturated heterocycles. The highest BCUT2D eigenvalue weighted by Crippen LogP contribution is 2.36. The Labute approximate surface area is 192 Å². The third kappa shape index (κ3) is 5.60. The Morgan fingerprint density at radius 2 is 1.75 bits per heavy atom. The van der Waals surface area contributed by atoms with Gasteiger partial charge in [0.2, 0.25) is 0 Å². The van der Waals surface area contributed by atoms with Gasteiger partial charge in [0.1, 0.15) is 11.4 Å². The molecule has 1 atom stereocenters. The highest BCUT2D eigenvalue weighted by Gasteiger charge is 2.31. The third-order valence-corrected chi connectivity index (χ3v) is 6.25. The molecule has 2 aliphatic heterocycles. The molecule has 2 fully saturated rings. The number of piperazine rings is 1. The molecule has 2 aliphatic rings. The molecule has 0 bridgehead atoms. The largest absolute Gasteiger partial charge is 0.444 e. The summed E-state index contributed by atoms with van der Waals surface area (Å²) in [4.78, 5) is 24.0. The molecule has 0 unspecified atom stereocenters. The van der Waals surface area contributed by atoms with Crippen molar-refractivity contribution in [3.63, 3.8) is 0 Å². The number of hydrogen-bond donors (Lipinski definition) is 0. The molecule has 32 heavy (non-hydrogen) atoms. The van der Waals surface area contributed by atoms with Crippen molar-refractivity contribution >= 4 is 11.9 Å². The van der Waals surface area contributed by atoms with E-state index in [1.165, 1.54) is 24.0 Å². The predicted molar refractivity (Wildman–Crippen MR) is 128 cm³/mol. The first kappa shape index (κ1) is 22.6. The van der Waals surface area contributed by atoms with Crippen LogP contribution in [-0.4, -0.2) is 59.2 Å². The zero-order valence-corrected chi connectivity index (χ0v) is 19.7. The quantitative estimate of drug-likeness (QED) is 0.685. The van der Waals surface area contributed by atoms with E-state index in [9.17, 15) is 4.79 Å². The van der Waals surface area contributed by atoms with E-state index in [1.807, 2.05) is 31.9 Å². The average molecular weight is 437 g/mol. The van der Waals surface area contributed by atoms with Crippen LogP contribution in [0.2, 0.25) is 0 Å². The van der Waals surface area contributed by atoms with E-state index < -0.39 is 5.60 Å². The fourth-order valence-electron chi connectivity index (χ4n) is 4.71. The number of aromatic nitrogens is 1. The number of carbonyl (C=O) groups excluding carboxylic acids is 1. The number of benzene rings is 1. The Bertz CT molecular complexity index is 888. The van der Waals surface area contributed by atoms with Crippen LogP contribution in [0.25, 0.3) is 0 Å². The first-order chi connectivity index (χ1) is 15.4. The minimum absolute atomic E-state index is 0.222. The summed E-state index contributed by atoms with van der Waals surface area (Å²) in [5, 5.41) is 0. The van der Waals surface area contributed by atoms with Crippen molar-refractivity contribution in [2.24, 2.45) is 0 Å². The van der Waals surface area contributed by atoms with Gasteiger partial charge in [-0.2, -0.15) is 0 Å². The average Bonchev–Trinajstić information content (AvgIpc) is 2.79. The Hall–Kier alpha value is -2.60. The highest BCUT2D eigenvalue weighted by molar-refractivity contribution is 5.68. The number of piperidine rings is 1. The number of carbonyl (C=O) groups is 1. The van der Waals surface area contributed by atoms with E-state index in [0.717, 1.165) is 38.4 Å². The van der Waals surface area contributed by atoms with E-state index >= 15 is 0 Å². The molecular formula is C26H36N4O2. The van der Waals surface area contributed by atoms with Gasteiger partial charge in [-0.25, -0.2) is 9.78 Å². The number of nitrogens with zero attached hydrogens (tertiary/aromatic N) is 4. The van der Waals surface area contributed by atoms with E-state index in [4.69, 9.17) is 9.72 Å². The maximum Gasteiger partial charge on any atom is 0.410 e. The molecule has 0 aliphatic carbocycles. The summed E-state index contributed by atoms with van der Waals surface area (Å²) in [6, 6.07) is 15.4. The second kappa shape index (κ2) is 9.90. The van der Waals surface area contributed by atoms with Gasteiger partial charge in [-0.1, -0.05) is 42.8 Å². The van der Waals surface area contributed by atoms with Crippen LogP contribution < -0.4 is 4.90 Å². The summed E-state index contributed by atoms with van der Waals surface area (Å²) < 4.78 is 5.55. The van der Waals surface area contributed by atoms with Gasteiger partial charge < -0.3 is 14.5 Å². The first-order valence-electron chi connectivity index (χ1n) is 11.9. The fraction of sp³-hybridized carbons (Fsp3) is 0.538. The molecule has 6 nitrogen and oxygen atoms in total. The van der Waals surface area contributed by atoms with Crippen LogP contribution in [0, 0.1) is 0 Å². The number of ether oxygens (including phenoxy) is 1. The van der Waals surface area contributed by atoms with E-state index in [1.54, 1.807) is 0 Å². The Morgan fingerprint density at radius 1 is 1.00 bits per heavy atom. The van der Waals surface area contributed by atoms with Crippen LogP contribution in [0.5, 0.6) is 0 Å². The van der Waals surface area contributed by atoms with Gasteiger partial charge in [0, 0.05) is 50.5 Å². The molecule has 0 N–H and O–H groups in total. The van der Waals surface area contributed by atoms with E-state index in [-0.39, 0.29) is 6.09 Å². The summed E-state index contributed by atoms with van der Waals surface area (Å²) in [7, 11) is 0. The maximum atomic E-state index is 12.5. The number of pyridine rings is 1. The van der Waals surface area contributed by atoms with Crippen molar-refractivity contribution in [1.82, 2.24) is 14.8 Å². The molecule has 1 aromatic carbocycles. The lowest BCUT2D eigenvalue weighted by atomic mass is 9.94. The van der Waals surface area contributed by atoms with Crippen LogP contribution >= 0.6 is 0 Å². The molecule has 0 spiro atoms. The van der Waals surface area contributed by atoms with E-state index in [0.29, 0.717) is 19.1 Å². The second-order valence-corrected chi connectivity index (χ2v) is 9.84. The maximum absolute atomic E-state index is 12.5. The number of likely N-dealkylation sites (tertiary alicyclic amines) is 1. The third-order valence-electron chi connectivity index (χ3n) is 6.25. The standard InChI is InChI=1S/C26H36N4O2/c1-26(2,3)32-25(31)29-18-16-28(17-19-29)24-22(12-9-14-27-24)23-13-7-8-15-30(23)20-21-10-5-4-6-11-21/h4-6,9-12,14,23H,7-8,13,15-20H2,1-3H3/t23-/m1/s1. The van der Waals surface area contributed by atoms with Crippen LogP contribution in [0.15, 0.2) is 48.7 Å². The lowest BCUT2D eigenvalue weighted by Gasteiger charge is -2.40. The van der Waals surface area contributed by atoms with Crippen molar-refractivity contribution in [2.75, 3.05) is 37.6 Å². The topological polar surface area (TPSA) is 48.9 Å². The summed E-state index contributed by atoms with van der Waals surface area (Å²) in [6.45, 7) is 10.7. The molecule has 172 valence electrons. The van der Waals surface area contributed by atoms with Crippen molar-refractivity contribution in [1.29, 1.82) is 0 Å². The monoisotopic (exact) mass is 436 g/mol. The van der Waals surface area contributed by atoms with Gasteiger partial charge in [-0.05, 0) is 51.8 Å². The number of amides is 1. The smallest absolute Gasteiger partial charge is 0.410 e. The molecule has 1 amide bonds. The van der Waals surface area contributed by atoms with Gasteiger partial charge in [-0.15, -0.1) is 0 Å². The van der Waals surface area contributed by atoms with Crippen molar-refractivity contribution < 1.29 is 9.53 Å². The Balaban J connectivity index is 1.47. The predicted octanol–water partition coefficient (Wildman–Crippen LogP) is 4.87. The normalized spacial score (nSPS) is 20.3. The SMILES string of the molecule is CC(C)(C)OC(=O)N1CCN(c2ncccc2[C@H]2CCCCN2Cc2ccccc2)CC1. The van der Waals surface area contributed by atoms with Crippen LogP contribution in [-0.2, 0) is 11.3 Å². The van der Waals surface area contributed by atoms with Gasteiger partial charge >= 0.3 is 6.09 Å². The van der Waals surface area contributed by atoms with Gasteiger partial charge in [0.25, 0.3) is 0 Å². The van der Waals surface area contributed by atoms with Crippen LogP contribution in [0.3, 0.4) is 0 Å². The number of hydrogen-bond acceptors (Lipinski definition) is 5. The van der Waals surface area contributed by atoms with Crippen molar-refractivity contribution in [2.45, 2.75) is 58.2 Å². The molecule has 3 heterocycles. The number of rotatable bonds is 4. The second-order valence-electron chi connectivity index (χ2n) is 9.84. The lowest BCUT2D eigenvalue weighted by molar-refractivity contribution is 0.0240. The minimum Gasteiger partial charge on any atom is -0.444 e. The molecule has 1 aromatic heterocycles. The minimum atomic E-state index is -0.467. The fourth-order valence-corrected chi connectivity index (χ4v) is 4.71. The molecule has 4 rings (SSSR count). The molecule has 0 saturated carbocycles. The van der Waals surface area contributed by atoms with Crippen LogP contribution in [0.1, 0.15) is 57.2 Å². The zero-order valence-electron chi connectivity index (χ0n) is 19.7. The first-order valence-corrected chi connectivity index (χ1v) is 11.9. The molecule has 0 radical (unpaired) electrons. The molecule has 2 aromatic rings. The summed E-state index contributed by atoms with van der Waals surface area (Å²) in [5.74, 6) is 1.07. The molecule has 6 heteroatoms. The molecular weight excluding hydrogens is 400 g/mol. The van der Waals surface area contributed by atoms with E-state index in [2.05, 4.69) is 52.3 Å². The lowest BCUT2D eigenvalue weighted by Crippen LogP contribution is -2.50. The Kier molecular flexibility index (Phi) is 6.99. The summed E-state index contributed by atoms with van der Waals surface area (Å²) in [6.07, 6.45) is 5.32. The Morgan fingerprint density at radius 3 is 2.47 bits per heavy atom. The van der Waals surface area contributed by atoms with Crippen LogP contribution in [0.4, 0.5) is 10.6 Å².